The monoisotopic (exact) mass is 559 g/mol. The molecule has 6 nitrogen and oxygen atoms in total. The van der Waals surface area contributed by atoms with Crippen molar-refractivity contribution in [2.24, 2.45) is 5.92 Å². The summed E-state index contributed by atoms with van der Waals surface area (Å²) >= 11 is 6.22. The molecule has 4 rings (SSSR count). The SMILES string of the molecule is CC(C)C[C@H](c1ccc(C(=O)NCCC(O)O)cc1)n1ncc2cc(-c3ccc(C(F)(F)F)cc3Cl)ccc21. The van der Waals surface area contributed by atoms with E-state index in [1.165, 1.54) is 6.07 Å². The maximum absolute atomic E-state index is 13.1. The van der Waals surface area contributed by atoms with Gasteiger partial charge in [0.15, 0.2) is 6.29 Å². The average molecular weight is 560 g/mol. The first kappa shape index (κ1) is 28.6. The Morgan fingerprint density at radius 3 is 2.38 bits per heavy atom. The molecular weight excluding hydrogens is 531 g/mol. The number of halogens is 4. The van der Waals surface area contributed by atoms with Gasteiger partial charge in [0.05, 0.1) is 23.3 Å². The van der Waals surface area contributed by atoms with Crippen molar-refractivity contribution in [1.29, 1.82) is 0 Å². The highest BCUT2D eigenvalue weighted by atomic mass is 35.5. The molecule has 0 saturated carbocycles. The Bertz CT molecular complexity index is 1450. The van der Waals surface area contributed by atoms with Gasteiger partial charge < -0.3 is 15.5 Å². The van der Waals surface area contributed by atoms with Crippen LogP contribution < -0.4 is 5.32 Å². The van der Waals surface area contributed by atoms with E-state index >= 15 is 0 Å². The number of aliphatic hydroxyl groups is 2. The van der Waals surface area contributed by atoms with Crippen LogP contribution in [-0.2, 0) is 6.18 Å². The van der Waals surface area contributed by atoms with Gasteiger partial charge in [0.2, 0.25) is 0 Å². The van der Waals surface area contributed by atoms with Crippen molar-refractivity contribution < 1.29 is 28.2 Å². The molecule has 0 saturated heterocycles. The van der Waals surface area contributed by atoms with E-state index in [0.717, 1.165) is 35.0 Å². The summed E-state index contributed by atoms with van der Waals surface area (Å²) in [5.41, 5.74) is 2.67. The molecule has 1 atom stereocenters. The third-order valence-electron chi connectivity index (χ3n) is 6.44. The summed E-state index contributed by atoms with van der Waals surface area (Å²) in [6.45, 7) is 4.37. The summed E-state index contributed by atoms with van der Waals surface area (Å²) in [5, 5.41) is 26.0. The van der Waals surface area contributed by atoms with E-state index in [2.05, 4.69) is 24.3 Å². The zero-order valence-electron chi connectivity index (χ0n) is 21.4. The molecule has 0 aliphatic carbocycles. The summed E-state index contributed by atoms with van der Waals surface area (Å²) in [6, 6.07) is 16.0. The van der Waals surface area contributed by atoms with Gasteiger partial charge in [0.1, 0.15) is 0 Å². The molecule has 3 aromatic carbocycles. The van der Waals surface area contributed by atoms with Crippen molar-refractivity contribution in [3.8, 4) is 11.1 Å². The number of rotatable bonds is 9. The lowest BCUT2D eigenvalue weighted by Gasteiger charge is -2.22. The maximum Gasteiger partial charge on any atom is 0.416 e. The van der Waals surface area contributed by atoms with Gasteiger partial charge in [-0.15, -0.1) is 0 Å². The van der Waals surface area contributed by atoms with Crippen LogP contribution in [0.15, 0.2) is 66.9 Å². The molecule has 0 spiro atoms. The van der Waals surface area contributed by atoms with E-state index in [0.29, 0.717) is 22.6 Å². The molecule has 3 N–H and O–H groups in total. The average Bonchev–Trinajstić information content (AvgIpc) is 3.29. The molecule has 4 aromatic rings. The van der Waals surface area contributed by atoms with Crippen LogP contribution in [0.3, 0.4) is 0 Å². The predicted molar refractivity (Wildman–Crippen MR) is 144 cm³/mol. The lowest BCUT2D eigenvalue weighted by Crippen LogP contribution is -2.27. The van der Waals surface area contributed by atoms with Crippen LogP contribution in [0, 0.1) is 5.92 Å². The Balaban J connectivity index is 1.62. The first-order valence-electron chi connectivity index (χ1n) is 12.5. The second-order valence-corrected chi connectivity index (χ2v) is 10.3. The molecule has 1 heterocycles. The van der Waals surface area contributed by atoms with Crippen LogP contribution in [-0.4, -0.2) is 38.7 Å². The number of carbonyl (C=O) groups is 1. The van der Waals surface area contributed by atoms with Crippen molar-refractivity contribution in [1.82, 2.24) is 15.1 Å². The van der Waals surface area contributed by atoms with E-state index in [1.54, 1.807) is 18.3 Å². The Morgan fingerprint density at radius 1 is 1.05 bits per heavy atom. The third-order valence-corrected chi connectivity index (χ3v) is 6.75. The van der Waals surface area contributed by atoms with Gasteiger partial charge in [-0.1, -0.05) is 49.7 Å². The number of alkyl halides is 3. The number of aliphatic hydroxyl groups excluding tert-OH is 1. The third kappa shape index (κ3) is 6.79. The standard InChI is InChI=1S/C29H29ClF3N3O3/c1-17(2)13-26(18-3-5-19(6-4-18)28(39)34-12-11-27(37)38)36-25-10-7-20(14-21(25)16-35-36)23-9-8-22(15-24(23)30)29(31,32)33/h3-10,14-17,26-27,37-38H,11-13H2,1-2H3,(H,34,39)/t26-/m1/s1. The van der Waals surface area contributed by atoms with Gasteiger partial charge in [-0.05, 0) is 59.9 Å². The van der Waals surface area contributed by atoms with Gasteiger partial charge in [-0.3, -0.25) is 9.48 Å². The second-order valence-electron chi connectivity index (χ2n) is 9.85. The van der Waals surface area contributed by atoms with Crippen molar-refractivity contribution in [2.45, 2.75) is 45.2 Å². The van der Waals surface area contributed by atoms with Crippen molar-refractivity contribution in [3.05, 3.63) is 88.6 Å². The molecule has 0 radical (unpaired) electrons. The van der Waals surface area contributed by atoms with Crippen molar-refractivity contribution in [2.75, 3.05) is 6.54 Å². The zero-order chi connectivity index (χ0) is 28.3. The minimum absolute atomic E-state index is 0.0194. The number of amides is 1. The molecule has 0 bridgehead atoms. The number of carbonyl (C=O) groups excluding carboxylic acids is 1. The van der Waals surface area contributed by atoms with Gasteiger partial charge in [-0.25, -0.2) is 0 Å². The van der Waals surface area contributed by atoms with Crippen LogP contribution in [0.25, 0.3) is 22.0 Å². The summed E-state index contributed by atoms with van der Waals surface area (Å²) in [6.07, 6.45) is -3.40. The highest BCUT2D eigenvalue weighted by molar-refractivity contribution is 6.33. The van der Waals surface area contributed by atoms with E-state index < -0.39 is 18.0 Å². The first-order chi connectivity index (χ1) is 18.4. The zero-order valence-corrected chi connectivity index (χ0v) is 22.2. The van der Waals surface area contributed by atoms with Gasteiger partial charge in [0, 0.05) is 34.5 Å². The fourth-order valence-electron chi connectivity index (χ4n) is 4.49. The molecule has 10 heteroatoms. The predicted octanol–water partition coefficient (Wildman–Crippen LogP) is 6.44. The maximum atomic E-state index is 13.1. The number of hydrogen-bond acceptors (Lipinski definition) is 4. The lowest BCUT2D eigenvalue weighted by atomic mass is 9.95. The molecule has 0 aliphatic heterocycles. The Hall–Kier alpha value is -3.40. The van der Waals surface area contributed by atoms with Gasteiger partial charge in [0.25, 0.3) is 5.91 Å². The summed E-state index contributed by atoms with van der Waals surface area (Å²) < 4.78 is 41.1. The summed E-state index contributed by atoms with van der Waals surface area (Å²) in [5.74, 6) is 0.0361. The van der Waals surface area contributed by atoms with Crippen LogP contribution >= 0.6 is 11.6 Å². The van der Waals surface area contributed by atoms with E-state index in [1.807, 2.05) is 35.0 Å². The van der Waals surface area contributed by atoms with E-state index in [-0.39, 0.29) is 29.9 Å². The summed E-state index contributed by atoms with van der Waals surface area (Å²) in [7, 11) is 0. The van der Waals surface area contributed by atoms with Crippen molar-refractivity contribution in [3.63, 3.8) is 0 Å². The van der Waals surface area contributed by atoms with Crippen LogP contribution in [0.1, 0.15) is 54.2 Å². The Morgan fingerprint density at radius 2 is 1.77 bits per heavy atom. The number of nitrogens with zero attached hydrogens (tertiary/aromatic N) is 2. The molecule has 0 unspecified atom stereocenters. The normalized spacial score (nSPS) is 12.9. The molecule has 0 fully saturated rings. The minimum Gasteiger partial charge on any atom is -0.368 e. The first-order valence-corrected chi connectivity index (χ1v) is 12.9. The lowest BCUT2D eigenvalue weighted by molar-refractivity contribution is -0.137. The number of aromatic nitrogens is 2. The number of nitrogens with one attached hydrogen (secondary N) is 1. The van der Waals surface area contributed by atoms with Gasteiger partial charge >= 0.3 is 6.18 Å². The molecule has 1 aromatic heterocycles. The smallest absolute Gasteiger partial charge is 0.368 e. The van der Waals surface area contributed by atoms with E-state index in [9.17, 15) is 18.0 Å². The molecule has 0 aliphatic rings. The fourth-order valence-corrected chi connectivity index (χ4v) is 4.78. The minimum atomic E-state index is -4.47. The molecular formula is C29H29ClF3N3O3. The van der Waals surface area contributed by atoms with Crippen LogP contribution in [0.2, 0.25) is 5.02 Å². The largest absolute Gasteiger partial charge is 0.416 e. The highest BCUT2D eigenvalue weighted by Crippen LogP contribution is 2.37. The quantitative estimate of drug-likeness (QED) is 0.206. The Labute approximate surface area is 229 Å². The number of hydrogen-bond donors (Lipinski definition) is 3. The number of benzene rings is 3. The van der Waals surface area contributed by atoms with Crippen molar-refractivity contribution >= 4 is 28.4 Å². The van der Waals surface area contributed by atoms with E-state index in [4.69, 9.17) is 21.8 Å². The van der Waals surface area contributed by atoms with Gasteiger partial charge in [-0.2, -0.15) is 18.3 Å². The molecule has 39 heavy (non-hydrogen) atoms. The summed E-state index contributed by atoms with van der Waals surface area (Å²) in [4.78, 5) is 12.4. The molecule has 1 amide bonds. The van der Waals surface area contributed by atoms with Crippen LogP contribution in [0.4, 0.5) is 13.2 Å². The molecule has 206 valence electrons. The fraction of sp³-hybridized carbons (Fsp3) is 0.310. The second kappa shape index (κ2) is 11.8. The number of fused-ring (bicyclic) bond motifs is 1. The highest BCUT2D eigenvalue weighted by Gasteiger charge is 2.31. The Kier molecular flexibility index (Phi) is 8.64. The topological polar surface area (TPSA) is 87.4 Å². The van der Waals surface area contributed by atoms with Crippen LogP contribution in [0.5, 0.6) is 0 Å².